The lowest BCUT2D eigenvalue weighted by Crippen LogP contribution is -2.70. The van der Waals surface area contributed by atoms with Gasteiger partial charge in [0.05, 0.1) is 65.6 Å². The molecule has 0 aromatic carbocycles. The summed E-state index contributed by atoms with van der Waals surface area (Å²) in [5, 5.41) is 309. The molecule has 54 heteroatoms. The molecule has 50 atom stereocenters. The van der Waals surface area contributed by atoms with Crippen molar-refractivity contribution in [3.8, 4) is 0 Å². The number of aliphatic hydroxyl groups is 27. The van der Waals surface area contributed by atoms with Gasteiger partial charge in [-0.05, 0) is 6.92 Å². The highest BCUT2D eigenvalue weighted by Gasteiger charge is 2.61. The number of aliphatic hydroxyl groups excluding tert-OH is 27. The van der Waals surface area contributed by atoms with Crippen molar-refractivity contribution >= 4 is 23.6 Å². The van der Waals surface area contributed by atoms with E-state index in [2.05, 4.69) is 21.3 Å². The minimum Gasteiger partial charge on any atom is -0.394 e. The first-order valence-corrected chi connectivity index (χ1v) is 39.0. The molecule has 0 radical (unpaired) electrons. The SMILES string of the molecule is CC(=O)N[C@H]1[C@H](O[C@H]2[C@H](O)[C@@H](NC(C)=O)C(O)O[C@@H]2CO[C@@H]2O[C@@H](C)[C@@H](O)[C@@H](O)[C@@H]2O)O[C@H](CO)[C@@H](O[C@@H]2O[C@H](CO[C@H]3O[C@H](CO[C@@H]4O[C@H](CO)[C@@H](O[C@@H]5O[C@H](CO)[C@H](O)[C@H](O[C@H]6O[C@H](CO)[C@H](O)[C@H](O)[C@H]6O)[C@H]5O)[C@H](O)[C@H]4NC(C)=O)[C@@H](O)[C@H](O)[C@@H]3O[C@@H]3O[C@H](CO)[C@@H](O)[C@H](O)[C@H]3NC(C)=O)[C@@H](O)[C@H](O[C@H]3O[C@H](CO)[C@@H](O)[C@H](O)[C@@H]3O)[C@@H]2O)[C@@H]1O. The van der Waals surface area contributed by atoms with Gasteiger partial charge in [-0.1, -0.05) is 0 Å². The molecule has 122 heavy (non-hydrogen) atoms. The predicted molar refractivity (Wildman–Crippen MR) is 375 cm³/mol. The van der Waals surface area contributed by atoms with Gasteiger partial charge in [0.15, 0.2) is 62.9 Å². The fourth-order valence-corrected chi connectivity index (χ4v) is 15.7. The van der Waals surface area contributed by atoms with Gasteiger partial charge in [-0.2, -0.15) is 0 Å². The normalized spacial score (nSPS) is 49.7. The van der Waals surface area contributed by atoms with Crippen LogP contribution in [0.1, 0.15) is 34.6 Å². The van der Waals surface area contributed by atoms with Crippen molar-refractivity contribution in [2.45, 2.75) is 341 Å². The molecule has 10 fully saturated rings. The number of nitrogens with one attached hydrogen (secondary N) is 4. The number of hydrogen-bond donors (Lipinski definition) is 31. The molecular formula is C68H114N4O50. The summed E-state index contributed by atoms with van der Waals surface area (Å²) < 4.78 is 112. The van der Waals surface area contributed by atoms with Crippen LogP contribution in [-0.2, 0) is 109 Å². The molecular weight excluding hydrogens is 1670 g/mol. The maximum absolute atomic E-state index is 13.2. The zero-order valence-electron chi connectivity index (χ0n) is 65.7. The van der Waals surface area contributed by atoms with Crippen LogP contribution in [-0.4, -0.2) is 528 Å². The van der Waals surface area contributed by atoms with Crippen molar-refractivity contribution in [3.05, 3.63) is 0 Å². The Hall–Kier alpha value is -3.96. The number of amides is 4. The van der Waals surface area contributed by atoms with Crippen LogP contribution in [0.2, 0.25) is 0 Å². The molecule has 10 aliphatic heterocycles. The molecule has 0 aromatic heterocycles. The van der Waals surface area contributed by atoms with Gasteiger partial charge in [-0.15, -0.1) is 0 Å². The Morgan fingerprint density at radius 1 is 0.230 bits per heavy atom. The molecule has 10 saturated heterocycles. The van der Waals surface area contributed by atoms with Crippen molar-refractivity contribution in [2.75, 3.05) is 59.5 Å². The second-order valence-electron chi connectivity index (χ2n) is 31.0. The third-order valence-corrected chi connectivity index (χ3v) is 22.4. The van der Waals surface area contributed by atoms with Gasteiger partial charge in [0.1, 0.15) is 238 Å². The maximum atomic E-state index is 13.2. The average Bonchev–Trinajstić information content (AvgIpc) is 0.794. The zero-order valence-corrected chi connectivity index (χ0v) is 65.7. The van der Waals surface area contributed by atoms with Crippen LogP contribution in [0.15, 0.2) is 0 Å². The van der Waals surface area contributed by atoms with Crippen LogP contribution in [0.4, 0.5) is 0 Å². The monoisotopic (exact) mass is 1790 g/mol. The summed E-state index contributed by atoms with van der Waals surface area (Å²) >= 11 is 0. The average molecular weight is 1790 g/mol. The van der Waals surface area contributed by atoms with Gasteiger partial charge >= 0.3 is 0 Å². The molecule has 1 unspecified atom stereocenters. The topological polar surface area (TPSA) is 838 Å². The van der Waals surface area contributed by atoms with Crippen molar-refractivity contribution in [3.63, 3.8) is 0 Å². The second kappa shape index (κ2) is 43.6. The van der Waals surface area contributed by atoms with E-state index >= 15 is 0 Å². The molecule has 10 aliphatic rings. The van der Waals surface area contributed by atoms with Crippen LogP contribution in [0, 0.1) is 0 Å². The van der Waals surface area contributed by atoms with Crippen molar-refractivity contribution in [1.29, 1.82) is 0 Å². The molecule has 0 aromatic rings. The number of ether oxygens (including phenoxy) is 19. The van der Waals surface area contributed by atoms with Gasteiger partial charge in [0, 0.05) is 27.7 Å². The smallest absolute Gasteiger partial charge is 0.217 e. The van der Waals surface area contributed by atoms with Crippen LogP contribution >= 0.6 is 0 Å². The highest BCUT2D eigenvalue weighted by atomic mass is 16.8. The fraction of sp³-hybridized carbons (Fsp3) is 0.941. The molecule has 0 bridgehead atoms. The van der Waals surface area contributed by atoms with Crippen LogP contribution < -0.4 is 21.3 Å². The van der Waals surface area contributed by atoms with Gasteiger partial charge in [0.25, 0.3) is 0 Å². The number of carbonyl (C=O) groups excluding carboxylic acids is 4. The molecule has 31 N–H and O–H groups in total. The number of carbonyl (C=O) groups is 4. The molecule has 706 valence electrons. The lowest BCUT2D eigenvalue weighted by atomic mass is 9.93. The van der Waals surface area contributed by atoms with Crippen LogP contribution in [0.25, 0.3) is 0 Å². The van der Waals surface area contributed by atoms with E-state index in [-0.39, 0.29) is 0 Å². The van der Waals surface area contributed by atoms with E-state index in [0.717, 1.165) is 27.7 Å². The van der Waals surface area contributed by atoms with Gasteiger partial charge in [-0.25, -0.2) is 0 Å². The standard InChI is InChI=1S/C68H114N4O50/c1-15-33(83)44(94)48(98)63(107-15)105-14-28-55(41(91)29(59(103)108-28)69-16(2)79)117-62-32(72-19(5)82)43(93)54(25(11-78)114-62)119-67-52(102)57(121-65-50(100)46(96)36(86)22(8-75)111-65)39(89)27(115-67)13-106-68-58(122-61-30(70-17(3)80)40(90)34(84)20(6-73)109-61)47(97)37(87)26(116-68)12-104-60-31(71-18(4)81)42(92)53(24(10-77)113-60)118-66-51(101)56(38(88)23(9-76)112-66)120-64-49(99)45(95)35(85)21(7-74)110-64/h15,20-68,73-78,83-103H,6-14H2,1-5H3,(H,69,79)(H,70,80)(H,71,81)(H,72,82)/t15-,20+,21+,22+,23+,24+,25+,26+,27+,28+,29+,30+,31+,32+,33+,34+,35-,36+,37+,38-,39+,40+,41+,42+,43+,44+,45-,46-,47-,48-,49+,50-,51+,52-,53+,54+,55+,56-,57-,58-,59?,60+,61-,62-,63+,64+,65+,66-,67-,68-/m0/s1. The Bertz CT molecular complexity index is 3290. The Labute approximate surface area is 691 Å². The van der Waals surface area contributed by atoms with Crippen molar-refractivity contribution in [2.24, 2.45) is 0 Å². The zero-order chi connectivity index (χ0) is 89.8. The molecule has 0 aliphatic carbocycles. The number of hydrogen-bond acceptors (Lipinski definition) is 50. The van der Waals surface area contributed by atoms with Gasteiger partial charge in [-0.3, -0.25) is 19.2 Å². The lowest BCUT2D eigenvalue weighted by Gasteiger charge is -2.50. The molecule has 0 saturated carbocycles. The van der Waals surface area contributed by atoms with Crippen LogP contribution in [0.3, 0.4) is 0 Å². The summed E-state index contributed by atoms with van der Waals surface area (Å²) in [4.78, 5) is 51.2. The molecule has 54 nitrogen and oxygen atoms in total. The highest BCUT2D eigenvalue weighted by molar-refractivity contribution is 5.74. The Kier molecular flexibility index (Phi) is 35.8. The van der Waals surface area contributed by atoms with Crippen LogP contribution in [0.5, 0.6) is 0 Å². The second-order valence-corrected chi connectivity index (χ2v) is 31.0. The summed E-state index contributed by atoms with van der Waals surface area (Å²) in [6.07, 6.45) is -93.8. The van der Waals surface area contributed by atoms with Crippen molar-refractivity contribution < 1.29 is 247 Å². The molecule has 0 spiro atoms. The first-order chi connectivity index (χ1) is 57.6. The minimum atomic E-state index is -2.50. The molecule has 10 heterocycles. The van der Waals surface area contributed by atoms with E-state index in [9.17, 15) is 157 Å². The quantitative estimate of drug-likeness (QED) is 0.0306. The predicted octanol–water partition coefficient (Wildman–Crippen LogP) is -21.2. The first-order valence-electron chi connectivity index (χ1n) is 39.0. The third kappa shape index (κ3) is 22.2. The minimum absolute atomic E-state index is 0.830. The van der Waals surface area contributed by atoms with E-state index in [0.29, 0.717) is 0 Å². The van der Waals surface area contributed by atoms with E-state index in [1.54, 1.807) is 0 Å². The van der Waals surface area contributed by atoms with E-state index in [4.69, 9.17) is 90.0 Å². The van der Waals surface area contributed by atoms with E-state index in [1.807, 2.05) is 0 Å². The Balaban J connectivity index is 0.934. The largest absolute Gasteiger partial charge is 0.394 e. The molecule has 10 rings (SSSR count). The first kappa shape index (κ1) is 100. The third-order valence-electron chi connectivity index (χ3n) is 22.4. The van der Waals surface area contributed by atoms with Gasteiger partial charge in [0.2, 0.25) is 23.6 Å². The van der Waals surface area contributed by atoms with Gasteiger partial charge < -0.3 is 249 Å². The number of rotatable bonds is 31. The summed E-state index contributed by atoms with van der Waals surface area (Å²) in [5.74, 6) is -3.63. The Morgan fingerprint density at radius 2 is 0.508 bits per heavy atom. The summed E-state index contributed by atoms with van der Waals surface area (Å²) in [5.41, 5.74) is 0. The highest BCUT2D eigenvalue weighted by Crippen LogP contribution is 2.40. The Morgan fingerprint density at radius 3 is 0.967 bits per heavy atom. The summed E-state index contributed by atoms with van der Waals surface area (Å²) in [6, 6.07) is -7.42. The fourth-order valence-electron chi connectivity index (χ4n) is 15.7. The molecule has 4 amide bonds. The van der Waals surface area contributed by atoms with E-state index < -0.39 is 390 Å². The summed E-state index contributed by atoms with van der Waals surface area (Å²) in [6.45, 7) is -4.46. The van der Waals surface area contributed by atoms with E-state index in [1.165, 1.54) is 6.92 Å². The summed E-state index contributed by atoms with van der Waals surface area (Å²) in [7, 11) is 0. The van der Waals surface area contributed by atoms with Crippen molar-refractivity contribution in [1.82, 2.24) is 21.3 Å². The lowest BCUT2D eigenvalue weighted by molar-refractivity contribution is -0.389. The maximum Gasteiger partial charge on any atom is 0.217 e.